The van der Waals surface area contributed by atoms with Crippen molar-refractivity contribution >= 4 is 0 Å². The number of rotatable bonds is 7. The van der Waals surface area contributed by atoms with Crippen LogP contribution < -0.4 is 5.73 Å². The van der Waals surface area contributed by atoms with Gasteiger partial charge in [-0.1, -0.05) is 13.8 Å². The molecule has 0 radical (unpaired) electrons. The quantitative estimate of drug-likeness (QED) is 0.679. The minimum absolute atomic E-state index is 0.423. The predicted molar refractivity (Wildman–Crippen MR) is 58.2 cm³/mol. The van der Waals surface area contributed by atoms with Crippen molar-refractivity contribution < 1.29 is 4.74 Å². The van der Waals surface area contributed by atoms with E-state index in [0.717, 1.165) is 25.4 Å². The van der Waals surface area contributed by atoms with Crippen LogP contribution in [0.2, 0.25) is 0 Å². The highest BCUT2D eigenvalue weighted by Gasteiger charge is 2.01. The Balaban J connectivity index is 2.15. The van der Waals surface area contributed by atoms with Gasteiger partial charge in [0.05, 0.1) is 19.7 Å². The molecule has 0 spiro atoms. The highest BCUT2D eigenvalue weighted by molar-refractivity contribution is 4.81. The summed E-state index contributed by atoms with van der Waals surface area (Å²) in [4.78, 5) is 4.03. The summed E-state index contributed by atoms with van der Waals surface area (Å²) in [5, 5.41) is 4.07. The van der Waals surface area contributed by atoms with Crippen LogP contribution in [0.25, 0.3) is 0 Å². The molecule has 0 fully saturated rings. The first-order chi connectivity index (χ1) is 7.24. The Hall–Kier alpha value is -0.940. The van der Waals surface area contributed by atoms with Crippen LogP contribution in [0.5, 0.6) is 0 Å². The molecule has 0 aliphatic rings. The molecule has 0 amide bonds. The fourth-order valence-electron chi connectivity index (χ4n) is 1.21. The molecule has 0 aliphatic carbocycles. The maximum Gasteiger partial charge on any atom is 0.140 e. The molecule has 0 aliphatic heterocycles. The molecule has 0 bridgehead atoms. The first kappa shape index (κ1) is 12.1. The average molecular weight is 212 g/mol. The lowest BCUT2D eigenvalue weighted by Crippen LogP contribution is -2.14. The standard InChI is InChI=1S/C10H20N4O/c1-9(2)3-5-15-6-4-14-10(7-11)12-8-13-14/h8-9H,3-7,11H2,1-2H3. The third kappa shape index (κ3) is 4.40. The van der Waals surface area contributed by atoms with Crippen molar-refractivity contribution in [3.63, 3.8) is 0 Å². The van der Waals surface area contributed by atoms with E-state index in [1.807, 2.05) is 0 Å². The van der Waals surface area contributed by atoms with E-state index in [1.54, 1.807) is 4.68 Å². The Morgan fingerprint density at radius 2 is 2.27 bits per heavy atom. The molecule has 0 unspecified atom stereocenters. The number of nitrogens with zero attached hydrogens (tertiary/aromatic N) is 3. The lowest BCUT2D eigenvalue weighted by Gasteiger charge is -2.07. The predicted octanol–water partition coefficient (Wildman–Crippen LogP) is 0.800. The van der Waals surface area contributed by atoms with E-state index < -0.39 is 0 Å². The molecule has 15 heavy (non-hydrogen) atoms. The van der Waals surface area contributed by atoms with E-state index in [9.17, 15) is 0 Å². The Labute approximate surface area is 90.6 Å². The first-order valence-electron chi connectivity index (χ1n) is 5.38. The molecule has 5 nitrogen and oxygen atoms in total. The van der Waals surface area contributed by atoms with Gasteiger partial charge in [-0.05, 0) is 12.3 Å². The minimum Gasteiger partial charge on any atom is -0.380 e. The molecule has 5 heteroatoms. The highest BCUT2D eigenvalue weighted by Crippen LogP contribution is 1.99. The Kier molecular flexibility index (Phi) is 5.28. The van der Waals surface area contributed by atoms with E-state index in [-0.39, 0.29) is 0 Å². The second-order valence-electron chi connectivity index (χ2n) is 3.90. The number of hydrogen-bond donors (Lipinski definition) is 1. The molecule has 0 saturated carbocycles. The second kappa shape index (κ2) is 6.53. The van der Waals surface area contributed by atoms with E-state index >= 15 is 0 Å². The Morgan fingerprint density at radius 1 is 1.47 bits per heavy atom. The minimum atomic E-state index is 0.423. The number of nitrogens with two attached hydrogens (primary N) is 1. The van der Waals surface area contributed by atoms with Gasteiger partial charge in [0.15, 0.2) is 0 Å². The molecule has 1 rings (SSSR count). The molecule has 0 saturated heterocycles. The average Bonchev–Trinajstić information content (AvgIpc) is 2.64. The molecule has 86 valence electrons. The number of ether oxygens (including phenoxy) is 1. The van der Waals surface area contributed by atoms with Crippen LogP contribution in [0.15, 0.2) is 6.33 Å². The second-order valence-corrected chi connectivity index (χ2v) is 3.90. The van der Waals surface area contributed by atoms with E-state index in [4.69, 9.17) is 10.5 Å². The van der Waals surface area contributed by atoms with Crippen molar-refractivity contribution in [1.82, 2.24) is 14.8 Å². The monoisotopic (exact) mass is 212 g/mol. The van der Waals surface area contributed by atoms with E-state index in [1.165, 1.54) is 6.33 Å². The summed E-state index contributed by atoms with van der Waals surface area (Å²) >= 11 is 0. The SMILES string of the molecule is CC(C)CCOCCn1ncnc1CN. The summed E-state index contributed by atoms with van der Waals surface area (Å²) in [7, 11) is 0. The molecule has 1 aromatic heterocycles. The lowest BCUT2D eigenvalue weighted by atomic mass is 10.1. The van der Waals surface area contributed by atoms with Crippen LogP contribution in [-0.4, -0.2) is 28.0 Å². The highest BCUT2D eigenvalue weighted by atomic mass is 16.5. The topological polar surface area (TPSA) is 66.0 Å². The molecule has 2 N–H and O–H groups in total. The Morgan fingerprint density at radius 3 is 2.93 bits per heavy atom. The van der Waals surface area contributed by atoms with Gasteiger partial charge < -0.3 is 10.5 Å². The van der Waals surface area contributed by atoms with Gasteiger partial charge in [0.2, 0.25) is 0 Å². The van der Waals surface area contributed by atoms with Gasteiger partial charge in [-0.2, -0.15) is 5.10 Å². The van der Waals surface area contributed by atoms with Crippen molar-refractivity contribution in [2.24, 2.45) is 11.7 Å². The zero-order valence-electron chi connectivity index (χ0n) is 9.52. The summed E-state index contributed by atoms with van der Waals surface area (Å²) in [5.41, 5.74) is 5.50. The fraction of sp³-hybridized carbons (Fsp3) is 0.800. The van der Waals surface area contributed by atoms with Crippen molar-refractivity contribution in [2.45, 2.75) is 33.4 Å². The molecule has 1 aromatic rings. The molecular formula is C10H20N4O. The van der Waals surface area contributed by atoms with Gasteiger partial charge in [0.1, 0.15) is 12.2 Å². The van der Waals surface area contributed by atoms with Gasteiger partial charge in [0.25, 0.3) is 0 Å². The van der Waals surface area contributed by atoms with E-state index in [0.29, 0.717) is 19.1 Å². The lowest BCUT2D eigenvalue weighted by molar-refractivity contribution is 0.113. The van der Waals surface area contributed by atoms with Gasteiger partial charge in [-0.25, -0.2) is 9.67 Å². The van der Waals surface area contributed by atoms with Crippen LogP contribution in [-0.2, 0) is 17.8 Å². The normalized spacial score (nSPS) is 11.2. The van der Waals surface area contributed by atoms with Gasteiger partial charge in [-0.15, -0.1) is 0 Å². The third-order valence-electron chi connectivity index (χ3n) is 2.17. The van der Waals surface area contributed by atoms with E-state index in [2.05, 4.69) is 23.9 Å². The molecule has 0 aromatic carbocycles. The molecule has 0 atom stereocenters. The van der Waals surface area contributed by atoms with Crippen LogP contribution in [0.3, 0.4) is 0 Å². The summed E-state index contributed by atoms with van der Waals surface area (Å²) in [6, 6.07) is 0. The zero-order valence-corrected chi connectivity index (χ0v) is 9.52. The largest absolute Gasteiger partial charge is 0.380 e. The van der Waals surface area contributed by atoms with Crippen molar-refractivity contribution in [3.8, 4) is 0 Å². The zero-order chi connectivity index (χ0) is 11.1. The van der Waals surface area contributed by atoms with Gasteiger partial charge in [-0.3, -0.25) is 0 Å². The van der Waals surface area contributed by atoms with Gasteiger partial charge >= 0.3 is 0 Å². The van der Waals surface area contributed by atoms with Crippen molar-refractivity contribution in [2.75, 3.05) is 13.2 Å². The summed E-state index contributed by atoms with van der Waals surface area (Å²) in [5.74, 6) is 1.50. The van der Waals surface area contributed by atoms with Crippen molar-refractivity contribution in [1.29, 1.82) is 0 Å². The van der Waals surface area contributed by atoms with Crippen LogP contribution in [0.1, 0.15) is 26.1 Å². The smallest absolute Gasteiger partial charge is 0.140 e. The third-order valence-corrected chi connectivity index (χ3v) is 2.17. The Bertz CT molecular complexity index is 272. The van der Waals surface area contributed by atoms with Crippen LogP contribution >= 0.6 is 0 Å². The molecule has 1 heterocycles. The molecular weight excluding hydrogens is 192 g/mol. The maximum absolute atomic E-state index is 5.50. The number of hydrogen-bond acceptors (Lipinski definition) is 4. The fourth-order valence-corrected chi connectivity index (χ4v) is 1.21. The van der Waals surface area contributed by atoms with Crippen LogP contribution in [0.4, 0.5) is 0 Å². The first-order valence-corrected chi connectivity index (χ1v) is 5.38. The summed E-state index contributed by atoms with van der Waals surface area (Å²) < 4.78 is 7.27. The summed E-state index contributed by atoms with van der Waals surface area (Å²) in [6.07, 6.45) is 2.62. The van der Waals surface area contributed by atoms with Crippen molar-refractivity contribution in [3.05, 3.63) is 12.2 Å². The van der Waals surface area contributed by atoms with Crippen LogP contribution in [0, 0.1) is 5.92 Å². The van der Waals surface area contributed by atoms with Gasteiger partial charge in [0, 0.05) is 6.61 Å². The summed E-state index contributed by atoms with van der Waals surface area (Å²) in [6.45, 7) is 7.00. The maximum atomic E-state index is 5.50. The number of aromatic nitrogens is 3.